The molecule has 1 unspecified atom stereocenters. The molecule has 5 heteroatoms. The van der Waals surface area contributed by atoms with Gasteiger partial charge in [-0.25, -0.2) is 0 Å². The highest BCUT2D eigenvalue weighted by atomic mass is 79.9. The Morgan fingerprint density at radius 3 is 3.31 bits per heavy atom. The van der Waals surface area contributed by atoms with Crippen molar-refractivity contribution >= 4 is 33.2 Å². The highest BCUT2D eigenvalue weighted by molar-refractivity contribution is 9.11. The van der Waals surface area contributed by atoms with Crippen molar-refractivity contribution in [3.63, 3.8) is 0 Å². The predicted octanol–water partition coefficient (Wildman–Crippen LogP) is 2.65. The maximum Gasteiger partial charge on any atom is 0.319 e. The van der Waals surface area contributed by atoms with Gasteiger partial charge in [-0.1, -0.05) is 0 Å². The van der Waals surface area contributed by atoms with E-state index in [0.717, 1.165) is 12.8 Å². The first-order valence-corrected chi connectivity index (χ1v) is 6.90. The first-order valence-electron chi connectivity index (χ1n) is 5.29. The van der Waals surface area contributed by atoms with Gasteiger partial charge in [0.05, 0.1) is 17.4 Å². The molecule has 0 amide bonds. The summed E-state index contributed by atoms with van der Waals surface area (Å²) in [4.78, 5) is 12.5. The molecule has 1 aromatic rings. The lowest BCUT2D eigenvalue weighted by molar-refractivity contribution is -0.139. The molecule has 0 saturated carbocycles. The molecular weight excluding hydrogens is 290 g/mol. The number of hydrogen-bond acceptors (Lipinski definition) is 4. The van der Waals surface area contributed by atoms with Crippen LogP contribution in [0.15, 0.2) is 9.85 Å². The van der Waals surface area contributed by atoms with E-state index < -0.39 is 0 Å². The standard InChI is InChI=1S/C11H14BrNO2S/c1-15-11(14)6-13-8-3-2-4-9-7(8)5-10(12)16-9/h5,8,13H,2-4,6H2,1H3. The predicted molar refractivity (Wildman–Crippen MR) is 67.7 cm³/mol. The number of methoxy groups -OCH3 is 1. The van der Waals surface area contributed by atoms with Crippen molar-refractivity contribution in [3.8, 4) is 0 Å². The Kier molecular flexibility index (Phi) is 4.00. The van der Waals surface area contributed by atoms with E-state index in [2.05, 4.69) is 32.0 Å². The fraction of sp³-hybridized carbons (Fsp3) is 0.545. The Hall–Kier alpha value is -0.390. The molecule has 2 rings (SSSR count). The molecule has 1 aromatic heterocycles. The number of halogens is 1. The maximum atomic E-state index is 11.1. The fourth-order valence-corrected chi connectivity index (χ4v) is 3.83. The second-order valence-electron chi connectivity index (χ2n) is 3.83. The third-order valence-corrected chi connectivity index (χ3v) is 4.52. The molecule has 0 bridgehead atoms. The average molecular weight is 304 g/mol. The van der Waals surface area contributed by atoms with Crippen molar-refractivity contribution in [1.29, 1.82) is 0 Å². The van der Waals surface area contributed by atoms with Crippen molar-refractivity contribution in [2.45, 2.75) is 25.3 Å². The third kappa shape index (κ3) is 2.64. The van der Waals surface area contributed by atoms with Crippen molar-refractivity contribution < 1.29 is 9.53 Å². The number of hydrogen-bond donors (Lipinski definition) is 1. The third-order valence-electron chi connectivity index (χ3n) is 2.80. The zero-order valence-corrected chi connectivity index (χ0v) is 11.5. The molecule has 0 aromatic carbocycles. The molecule has 3 nitrogen and oxygen atoms in total. The molecule has 1 aliphatic carbocycles. The summed E-state index contributed by atoms with van der Waals surface area (Å²) in [6.07, 6.45) is 3.42. The van der Waals surface area contributed by atoms with Gasteiger partial charge in [-0.2, -0.15) is 0 Å². The van der Waals surface area contributed by atoms with Crippen LogP contribution in [0, 0.1) is 0 Å². The van der Waals surface area contributed by atoms with Gasteiger partial charge in [0.2, 0.25) is 0 Å². The van der Waals surface area contributed by atoms with E-state index in [0.29, 0.717) is 6.04 Å². The number of carbonyl (C=O) groups excluding carboxylic acids is 1. The Labute approximate surface area is 107 Å². The molecular formula is C11H14BrNO2S. The summed E-state index contributed by atoms with van der Waals surface area (Å²) in [5, 5.41) is 3.25. The number of rotatable bonds is 3. The van der Waals surface area contributed by atoms with Crippen molar-refractivity contribution in [2.24, 2.45) is 0 Å². The summed E-state index contributed by atoms with van der Waals surface area (Å²) >= 11 is 5.31. The lowest BCUT2D eigenvalue weighted by atomic mass is 9.94. The summed E-state index contributed by atoms with van der Waals surface area (Å²) < 4.78 is 5.80. The Balaban J connectivity index is 2.04. The molecule has 0 fully saturated rings. The molecule has 1 atom stereocenters. The zero-order valence-electron chi connectivity index (χ0n) is 9.09. The number of ether oxygens (including phenoxy) is 1. The van der Waals surface area contributed by atoms with E-state index in [-0.39, 0.29) is 12.5 Å². The van der Waals surface area contributed by atoms with Gasteiger partial charge >= 0.3 is 5.97 Å². The van der Waals surface area contributed by atoms with Gasteiger partial charge in [-0.3, -0.25) is 10.1 Å². The molecule has 16 heavy (non-hydrogen) atoms. The van der Waals surface area contributed by atoms with Crippen LogP contribution in [0.1, 0.15) is 29.3 Å². The van der Waals surface area contributed by atoms with Gasteiger partial charge in [-0.05, 0) is 46.8 Å². The van der Waals surface area contributed by atoms with E-state index in [1.807, 2.05) is 0 Å². The number of carbonyl (C=O) groups is 1. The summed E-state index contributed by atoms with van der Waals surface area (Å²) in [5.74, 6) is -0.207. The summed E-state index contributed by atoms with van der Waals surface area (Å²) in [6.45, 7) is 0.286. The minimum atomic E-state index is -0.207. The van der Waals surface area contributed by atoms with Gasteiger partial charge in [0.15, 0.2) is 0 Å². The molecule has 0 radical (unpaired) electrons. The van der Waals surface area contributed by atoms with Crippen LogP contribution in [0.25, 0.3) is 0 Å². The first-order chi connectivity index (χ1) is 7.70. The second kappa shape index (κ2) is 5.29. The normalized spacial score (nSPS) is 19.2. The van der Waals surface area contributed by atoms with E-state index in [9.17, 15) is 4.79 Å². The molecule has 0 spiro atoms. The van der Waals surface area contributed by atoms with Crippen LogP contribution in [-0.4, -0.2) is 19.6 Å². The molecule has 1 aliphatic rings. The SMILES string of the molecule is COC(=O)CNC1CCCc2sc(Br)cc21. The van der Waals surface area contributed by atoms with Crippen LogP contribution < -0.4 is 5.32 Å². The van der Waals surface area contributed by atoms with Crippen molar-refractivity contribution in [2.75, 3.05) is 13.7 Å². The van der Waals surface area contributed by atoms with Gasteiger partial charge in [0.1, 0.15) is 0 Å². The smallest absolute Gasteiger partial charge is 0.319 e. The van der Waals surface area contributed by atoms with Crippen LogP contribution in [0.2, 0.25) is 0 Å². The van der Waals surface area contributed by atoms with Crippen LogP contribution in [-0.2, 0) is 16.0 Å². The zero-order chi connectivity index (χ0) is 11.5. The molecule has 1 heterocycles. The summed E-state index contributed by atoms with van der Waals surface area (Å²) in [7, 11) is 1.41. The molecule has 0 saturated heterocycles. The topological polar surface area (TPSA) is 38.3 Å². The molecule has 88 valence electrons. The lowest BCUT2D eigenvalue weighted by Crippen LogP contribution is -2.30. The quantitative estimate of drug-likeness (QED) is 0.873. The number of nitrogens with one attached hydrogen (secondary N) is 1. The highest BCUT2D eigenvalue weighted by Gasteiger charge is 2.22. The monoisotopic (exact) mass is 303 g/mol. The van der Waals surface area contributed by atoms with Gasteiger partial charge in [0, 0.05) is 10.9 Å². The van der Waals surface area contributed by atoms with E-state index in [4.69, 9.17) is 0 Å². The van der Waals surface area contributed by atoms with Gasteiger partial charge in [0.25, 0.3) is 0 Å². The molecule has 0 aliphatic heterocycles. The first kappa shape index (κ1) is 12.1. The summed E-state index contributed by atoms with van der Waals surface area (Å²) in [5.41, 5.74) is 1.34. The van der Waals surface area contributed by atoms with E-state index in [1.54, 1.807) is 11.3 Å². The average Bonchev–Trinajstić information content (AvgIpc) is 2.66. The number of esters is 1. The number of aryl methyl sites for hydroxylation is 1. The Bertz CT molecular complexity index is 391. The highest BCUT2D eigenvalue weighted by Crippen LogP contribution is 2.37. The maximum absolute atomic E-state index is 11.1. The number of thiophene rings is 1. The minimum Gasteiger partial charge on any atom is -0.468 e. The van der Waals surface area contributed by atoms with Gasteiger partial charge in [-0.15, -0.1) is 11.3 Å². The number of fused-ring (bicyclic) bond motifs is 1. The largest absolute Gasteiger partial charge is 0.468 e. The second-order valence-corrected chi connectivity index (χ2v) is 6.35. The van der Waals surface area contributed by atoms with Crippen LogP contribution in [0.4, 0.5) is 0 Å². The Morgan fingerprint density at radius 1 is 1.75 bits per heavy atom. The van der Waals surface area contributed by atoms with Crippen LogP contribution in [0.3, 0.4) is 0 Å². The minimum absolute atomic E-state index is 0.207. The molecule has 1 N–H and O–H groups in total. The fourth-order valence-electron chi connectivity index (χ4n) is 2.01. The summed E-state index contributed by atoms with van der Waals surface area (Å²) in [6, 6.07) is 2.46. The van der Waals surface area contributed by atoms with E-state index in [1.165, 1.54) is 27.8 Å². The lowest BCUT2D eigenvalue weighted by Gasteiger charge is -2.23. The van der Waals surface area contributed by atoms with Crippen molar-refractivity contribution in [3.05, 3.63) is 20.3 Å². The van der Waals surface area contributed by atoms with Gasteiger partial charge < -0.3 is 4.74 Å². The van der Waals surface area contributed by atoms with Crippen molar-refractivity contribution in [1.82, 2.24) is 5.32 Å². The van der Waals surface area contributed by atoms with E-state index >= 15 is 0 Å². The van der Waals surface area contributed by atoms with Crippen LogP contribution >= 0.6 is 27.3 Å². The van der Waals surface area contributed by atoms with Crippen LogP contribution in [0.5, 0.6) is 0 Å². The Morgan fingerprint density at radius 2 is 2.56 bits per heavy atom.